The van der Waals surface area contributed by atoms with E-state index in [4.69, 9.17) is 4.74 Å². The van der Waals surface area contributed by atoms with Gasteiger partial charge in [0.2, 0.25) is 5.91 Å². The van der Waals surface area contributed by atoms with Crippen molar-refractivity contribution in [3.8, 4) is 5.75 Å². The molecule has 1 N–H and O–H groups in total. The Morgan fingerprint density at radius 3 is 2.76 bits per heavy atom. The van der Waals surface area contributed by atoms with Gasteiger partial charge in [0.25, 0.3) is 0 Å². The van der Waals surface area contributed by atoms with Crippen LogP contribution in [0.3, 0.4) is 0 Å². The van der Waals surface area contributed by atoms with Crippen LogP contribution in [0.4, 0.5) is 0 Å². The number of nitrogens with zero attached hydrogens (tertiary/aromatic N) is 4. The predicted octanol–water partition coefficient (Wildman–Crippen LogP) is 1.24. The highest BCUT2D eigenvalue weighted by Crippen LogP contribution is 2.19. The molecule has 1 aliphatic rings. The Balaban J connectivity index is 1.57. The van der Waals surface area contributed by atoms with Gasteiger partial charge in [0.05, 0.1) is 19.7 Å². The van der Waals surface area contributed by atoms with E-state index in [9.17, 15) is 14.7 Å². The highest BCUT2D eigenvalue weighted by atomic mass is 16.5. The summed E-state index contributed by atoms with van der Waals surface area (Å²) in [5, 5.41) is 17.4. The lowest BCUT2D eigenvalue weighted by atomic mass is 10.1. The van der Waals surface area contributed by atoms with Crippen molar-refractivity contribution in [2.24, 2.45) is 0 Å². The average molecular weight is 344 g/mol. The van der Waals surface area contributed by atoms with Crippen molar-refractivity contribution < 1.29 is 19.4 Å². The number of aliphatic carboxylic acids is 1. The third kappa shape index (κ3) is 3.78. The molecule has 0 radical (unpaired) electrons. The van der Waals surface area contributed by atoms with Gasteiger partial charge >= 0.3 is 5.97 Å². The first-order valence-electron chi connectivity index (χ1n) is 8.15. The molecule has 1 aliphatic heterocycles. The van der Waals surface area contributed by atoms with Crippen LogP contribution in [0.5, 0.6) is 5.75 Å². The number of benzene rings is 1. The Morgan fingerprint density at radius 1 is 1.28 bits per heavy atom. The Bertz CT molecular complexity index is 759. The summed E-state index contributed by atoms with van der Waals surface area (Å²) in [5.41, 5.74) is 0. The molecule has 1 atom stereocenters. The highest BCUT2D eigenvalue weighted by molar-refractivity contribution is 5.83. The van der Waals surface area contributed by atoms with E-state index in [0.29, 0.717) is 24.7 Å². The molecule has 0 saturated heterocycles. The smallest absolute Gasteiger partial charge is 0.328 e. The van der Waals surface area contributed by atoms with Crippen molar-refractivity contribution in [2.45, 2.75) is 38.9 Å². The van der Waals surface area contributed by atoms with Crippen LogP contribution in [-0.2, 0) is 22.7 Å². The summed E-state index contributed by atoms with van der Waals surface area (Å²) in [6.07, 6.45) is 0.742. The number of carbonyl (C=O) groups is 2. The molecule has 0 aliphatic carbocycles. The molecule has 1 aromatic heterocycles. The summed E-state index contributed by atoms with van der Waals surface area (Å²) in [6.45, 7) is 2.51. The number of carbonyl (C=O) groups excluding carboxylic acids is 1. The van der Waals surface area contributed by atoms with E-state index in [1.807, 2.05) is 30.3 Å². The zero-order chi connectivity index (χ0) is 17.8. The van der Waals surface area contributed by atoms with Crippen LogP contribution in [0.2, 0.25) is 0 Å². The zero-order valence-electron chi connectivity index (χ0n) is 14.0. The number of amides is 1. The maximum absolute atomic E-state index is 12.5. The Kier molecular flexibility index (Phi) is 4.97. The Morgan fingerprint density at radius 2 is 2.04 bits per heavy atom. The van der Waals surface area contributed by atoms with E-state index in [1.165, 1.54) is 4.90 Å². The first kappa shape index (κ1) is 16.9. The molecule has 0 saturated carbocycles. The summed E-state index contributed by atoms with van der Waals surface area (Å²) >= 11 is 0. The molecular formula is C17H20N4O4. The first-order valence-corrected chi connectivity index (χ1v) is 8.15. The van der Waals surface area contributed by atoms with Crippen LogP contribution in [-0.4, -0.2) is 49.3 Å². The minimum Gasteiger partial charge on any atom is -0.494 e. The molecule has 8 heteroatoms. The standard InChI is InChI=1S/C17H20N4O4/c1-12-18-19-15-11-21(14(17(23)24)10-20(12)15)16(22)8-5-9-25-13-6-3-2-4-7-13/h2-4,6-7,14H,5,8-11H2,1H3,(H,23,24). The van der Waals surface area contributed by atoms with E-state index >= 15 is 0 Å². The fraction of sp³-hybridized carbons (Fsp3) is 0.412. The van der Waals surface area contributed by atoms with Crippen LogP contribution >= 0.6 is 0 Å². The first-order chi connectivity index (χ1) is 12.1. The van der Waals surface area contributed by atoms with Gasteiger partial charge < -0.3 is 19.3 Å². The van der Waals surface area contributed by atoms with E-state index in [0.717, 1.165) is 5.75 Å². The van der Waals surface area contributed by atoms with Crippen molar-refractivity contribution in [1.29, 1.82) is 0 Å². The van der Waals surface area contributed by atoms with Gasteiger partial charge in [-0.05, 0) is 25.5 Å². The molecule has 0 bridgehead atoms. The molecule has 1 amide bonds. The number of aryl methyl sites for hydroxylation is 1. The minimum atomic E-state index is -1.02. The van der Waals surface area contributed by atoms with Crippen LogP contribution in [0, 0.1) is 6.92 Å². The second-order valence-electron chi connectivity index (χ2n) is 5.91. The second kappa shape index (κ2) is 7.33. The fourth-order valence-electron chi connectivity index (χ4n) is 2.86. The normalized spacial score (nSPS) is 16.4. The largest absolute Gasteiger partial charge is 0.494 e. The quantitative estimate of drug-likeness (QED) is 0.792. The second-order valence-corrected chi connectivity index (χ2v) is 5.91. The lowest BCUT2D eigenvalue weighted by Crippen LogP contribution is -2.50. The summed E-state index contributed by atoms with van der Waals surface area (Å²) in [7, 11) is 0. The topological polar surface area (TPSA) is 97.5 Å². The molecule has 132 valence electrons. The van der Waals surface area contributed by atoms with Gasteiger partial charge in [-0.2, -0.15) is 0 Å². The lowest BCUT2D eigenvalue weighted by Gasteiger charge is -2.33. The fourth-order valence-corrected chi connectivity index (χ4v) is 2.86. The molecule has 8 nitrogen and oxygen atoms in total. The molecule has 0 fully saturated rings. The number of fused-ring (bicyclic) bond motifs is 1. The SMILES string of the molecule is Cc1nnc2n1CC(C(=O)O)N(C(=O)CCCOc1ccccc1)C2. The summed E-state index contributed by atoms with van der Waals surface area (Å²) in [4.78, 5) is 25.4. The third-order valence-corrected chi connectivity index (χ3v) is 4.21. The van der Waals surface area contributed by atoms with Gasteiger partial charge in [0.1, 0.15) is 17.6 Å². The van der Waals surface area contributed by atoms with Crippen LogP contribution in [0.25, 0.3) is 0 Å². The maximum atomic E-state index is 12.5. The van der Waals surface area contributed by atoms with Crippen molar-refractivity contribution in [1.82, 2.24) is 19.7 Å². The molecule has 25 heavy (non-hydrogen) atoms. The molecule has 1 aromatic carbocycles. The maximum Gasteiger partial charge on any atom is 0.328 e. The number of ether oxygens (including phenoxy) is 1. The highest BCUT2D eigenvalue weighted by Gasteiger charge is 2.35. The van der Waals surface area contributed by atoms with E-state index in [-0.39, 0.29) is 25.4 Å². The van der Waals surface area contributed by atoms with Gasteiger partial charge in [0.15, 0.2) is 5.82 Å². The number of hydrogen-bond donors (Lipinski definition) is 1. The van der Waals surface area contributed by atoms with E-state index in [1.54, 1.807) is 11.5 Å². The van der Waals surface area contributed by atoms with E-state index < -0.39 is 12.0 Å². The summed E-state index contributed by atoms with van der Waals surface area (Å²) in [6, 6.07) is 8.46. The van der Waals surface area contributed by atoms with Crippen molar-refractivity contribution in [3.05, 3.63) is 42.0 Å². The average Bonchev–Trinajstić information content (AvgIpc) is 2.98. The summed E-state index contributed by atoms with van der Waals surface area (Å²) in [5.74, 6) is 0.789. The van der Waals surface area contributed by atoms with Crippen LogP contribution in [0.15, 0.2) is 30.3 Å². The van der Waals surface area contributed by atoms with Crippen molar-refractivity contribution in [3.63, 3.8) is 0 Å². The molecule has 2 heterocycles. The van der Waals surface area contributed by atoms with Crippen LogP contribution in [0.1, 0.15) is 24.5 Å². The van der Waals surface area contributed by atoms with E-state index in [2.05, 4.69) is 10.2 Å². The van der Waals surface area contributed by atoms with Crippen LogP contribution < -0.4 is 4.74 Å². The van der Waals surface area contributed by atoms with Gasteiger partial charge in [-0.15, -0.1) is 10.2 Å². The monoisotopic (exact) mass is 344 g/mol. The number of para-hydroxylation sites is 1. The molecule has 1 unspecified atom stereocenters. The molecule has 2 aromatic rings. The molecule has 3 rings (SSSR count). The Hall–Kier alpha value is -2.90. The van der Waals surface area contributed by atoms with Gasteiger partial charge in [-0.3, -0.25) is 4.79 Å². The van der Waals surface area contributed by atoms with Gasteiger partial charge in [0, 0.05) is 6.42 Å². The zero-order valence-corrected chi connectivity index (χ0v) is 14.0. The lowest BCUT2D eigenvalue weighted by molar-refractivity contribution is -0.152. The van der Waals surface area contributed by atoms with Gasteiger partial charge in [-0.25, -0.2) is 4.79 Å². The number of hydrogen-bond acceptors (Lipinski definition) is 5. The number of carboxylic acids is 1. The minimum absolute atomic E-state index is 0.163. The summed E-state index contributed by atoms with van der Waals surface area (Å²) < 4.78 is 7.32. The number of aromatic nitrogens is 3. The molecule has 0 spiro atoms. The predicted molar refractivity (Wildman–Crippen MR) is 87.9 cm³/mol. The Labute approximate surface area is 145 Å². The number of carboxylic acid groups (broad SMARTS) is 1. The van der Waals surface area contributed by atoms with Crippen molar-refractivity contribution >= 4 is 11.9 Å². The molecular weight excluding hydrogens is 324 g/mol. The third-order valence-electron chi connectivity index (χ3n) is 4.21. The van der Waals surface area contributed by atoms with Gasteiger partial charge in [-0.1, -0.05) is 18.2 Å². The van der Waals surface area contributed by atoms with Crippen molar-refractivity contribution in [2.75, 3.05) is 6.61 Å². The number of rotatable bonds is 6.